The molecule has 24 heavy (non-hydrogen) atoms. The maximum Gasteiger partial charge on any atom is 0.115 e. The van der Waals surface area contributed by atoms with Crippen LogP contribution in [-0.4, -0.2) is 5.11 Å². The number of aromatic hydroxyl groups is 1. The van der Waals surface area contributed by atoms with Crippen molar-refractivity contribution in [2.45, 2.75) is 76.5 Å². The van der Waals surface area contributed by atoms with Gasteiger partial charge in [-0.25, -0.2) is 0 Å². The maximum absolute atomic E-state index is 9.43. The maximum atomic E-state index is 9.43. The Labute approximate surface area is 148 Å². The summed E-state index contributed by atoms with van der Waals surface area (Å²) in [6.45, 7) is 3.89. The molecule has 1 nitrogen and oxygen atoms in total. The van der Waals surface area contributed by atoms with Crippen LogP contribution >= 0.6 is 0 Å². The molecule has 1 aromatic rings. The van der Waals surface area contributed by atoms with Gasteiger partial charge >= 0.3 is 0 Å². The van der Waals surface area contributed by atoms with Crippen LogP contribution in [-0.2, 0) is 0 Å². The van der Waals surface area contributed by atoms with Gasteiger partial charge in [0.2, 0.25) is 0 Å². The summed E-state index contributed by atoms with van der Waals surface area (Å²) < 4.78 is 0. The molecule has 0 aromatic heterocycles. The second-order valence-corrected chi connectivity index (χ2v) is 8.30. The number of allylic oxidation sites excluding steroid dienone is 1. The van der Waals surface area contributed by atoms with Crippen LogP contribution in [0.2, 0.25) is 0 Å². The lowest BCUT2D eigenvalue weighted by atomic mass is 9.74. The Hall–Kier alpha value is -1.24. The van der Waals surface area contributed by atoms with Gasteiger partial charge in [0.25, 0.3) is 0 Å². The summed E-state index contributed by atoms with van der Waals surface area (Å²) in [5.41, 5.74) is 1.42. The monoisotopic (exact) mass is 326 g/mol. The minimum atomic E-state index is 0.384. The Kier molecular flexibility index (Phi) is 6.40. The minimum absolute atomic E-state index is 0.384. The van der Waals surface area contributed by atoms with E-state index in [0.717, 1.165) is 23.7 Å². The van der Waals surface area contributed by atoms with E-state index in [1.165, 1.54) is 76.2 Å². The Morgan fingerprint density at radius 2 is 1.29 bits per heavy atom. The van der Waals surface area contributed by atoms with Crippen LogP contribution in [0.1, 0.15) is 82.1 Å². The number of rotatable bonds is 6. The van der Waals surface area contributed by atoms with E-state index in [2.05, 4.69) is 24.8 Å². The van der Waals surface area contributed by atoms with Gasteiger partial charge in [-0.05, 0) is 86.3 Å². The van der Waals surface area contributed by atoms with E-state index in [1.807, 2.05) is 12.1 Å². The molecule has 1 heteroatoms. The second-order valence-electron chi connectivity index (χ2n) is 8.30. The van der Waals surface area contributed by atoms with Gasteiger partial charge in [-0.1, -0.05) is 43.9 Å². The molecule has 0 aliphatic heterocycles. The van der Waals surface area contributed by atoms with Gasteiger partial charge in [-0.2, -0.15) is 0 Å². The summed E-state index contributed by atoms with van der Waals surface area (Å²) in [6.07, 6.45) is 17.5. The Morgan fingerprint density at radius 3 is 1.83 bits per heavy atom. The first-order chi connectivity index (χ1) is 11.7. The van der Waals surface area contributed by atoms with E-state index in [-0.39, 0.29) is 0 Å². The van der Waals surface area contributed by atoms with Crippen LogP contribution < -0.4 is 0 Å². The average Bonchev–Trinajstić information content (AvgIpc) is 2.63. The molecule has 2 aliphatic carbocycles. The SMILES string of the molecule is C=CCC1CCC(CCC2CCC(c3ccc(O)cc3)CC2)CC1. The quantitative estimate of drug-likeness (QED) is 0.568. The molecule has 2 saturated carbocycles. The number of hydrogen-bond acceptors (Lipinski definition) is 1. The normalized spacial score (nSPS) is 30.8. The van der Waals surface area contributed by atoms with Gasteiger partial charge in [0, 0.05) is 0 Å². The highest BCUT2D eigenvalue weighted by atomic mass is 16.3. The van der Waals surface area contributed by atoms with Crippen molar-refractivity contribution >= 4 is 0 Å². The van der Waals surface area contributed by atoms with E-state index < -0.39 is 0 Å². The molecule has 2 fully saturated rings. The molecule has 0 radical (unpaired) electrons. The summed E-state index contributed by atoms with van der Waals surface area (Å²) >= 11 is 0. The van der Waals surface area contributed by atoms with Crippen molar-refractivity contribution in [2.75, 3.05) is 0 Å². The van der Waals surface area contributed by atoms with Crippen molar-refractivity contribution in [3.8, 4) is 5.75 Å². The third-order valence-electron chi connectivity index (χ3n) is 6.66. The van der Waals surface area contributed by atoms with E-state index in [0.29, 0.717) is 5.75 Å². The molecule has 0 heterocycles. The van der Waals surface area contributed by atoms with Crippen molar-refractivity contribution in [1.82, 2.24) is 0 Å². The summed E-state index contributed by atoms with van der Waals surface area (Å²) in [6, 6.07) is 7.90. The van der Waals surface area contributed by atoms with Crippen molar-refractivity contribution in [1.29, 1.82) is 0 Å². The fraction of sp³-hybridized carbons (Fsp3) is 0.652. The molecule has 0 bridgehead atoms. The van der Waals surface area contributed by atoms with Gasteiger partial charge in [0.15, 0.2) is 0 Å². The van der Waals surface area contributed by atoms with Gasteiger partial charge in [0.1, 0.15) is 5.75 Å². The zero-order valence-electron chi connectivity index (χ0n) is 15.1. The first kappa shape index (κ1) is 17.6. The first-order valence-corrected chi connectivity index (χ1v) is 10.1. The van der Waals surface area contributed by atoms with Crippen LogP contribution in [0, 0.1) is 17.8 Å². The summed E-state index contributed by atoms with van der Waals surface area (Å²) in [5.74, 6) is 4.00. The van der Waals surface area contributed by atoms with E-state index in [4.69, 9.17) is 0 Å². The zero-order valence-corrected chi connectivity index (χ0v) is 15.1. The predicted octanol–water partition coefficient (Wildman–Crippen LogP) is 6.83. The number of phenols is 1. The smallest absolute Gasteiger partial charge is 0.115 e. The third-order valence-corrected chi connectivity index (χ3v) is 6.66. The molecular formula is C23H34O. The Bertz CT molecular complexity index is 487. The molecule has 0 spiro atoms. The lowest BCUT2D eigenvalue weighted by Crippen LogP contribution is -2.17. The molecule has 1 aromatic carbocycles. The zero-order chi connectivity index (χ0) is 16.8. The molecule has 0 atom stereocenters. The second kappa shape index (κ2) is 8.74. The van der Waals surface area contributed by atoms with Crippen LogP contribution in [0.25, 0.3) is 0 Å². The van der Waals surface area contributed by atoms with Crippen molar-refractivity contribution < 1.29 is 5.11 Å². The number of phenolic OH excluding ortho intramolecular Hbond substituents is 1. The molecule has 132 valence electrons. The van der Waals surface area contributed by atoms with Crippen molar-refractivity contribution in [3.63, 3.8) is 0 Å². The average molecular weight is 327 g/mol. The summed E-state index contributed by atoms with van der Waals surface area (Å²) in [4.78, 5) is 0. The lowest BCUT2D eigenvalue weighted by molar-refractivity contribution is 0.231. The Balaban J connectivity index is 1.35. The summed E-state index contributed by atoms with van der Waals surface area (Å²) in [7, 11) is 0. The van der Waals surface area contributed by atoms with Gasteiger partial charge in [0.05, 0.1) is 0 Å². The number of benzene rings is 1. The molecule has 2 aliphatic rings. The van der Waals surface area contributed by atoms with Crippen LogP contribution in [0.4, 0.5) is 0 Å². The topological polar surface area (TPSA) is 20.2 Å². The highest BCUT2D eigenvalue weighted by molar-refractivity contribution is 5.28. The summed E-state index contributed by atoms with van der Waals surface area (Å²) in [5, 5.41) is 9.43. The van der Waals surface area contributed by atoms with Crippen LogP contribution in [0.15, 0.2) is 36.9 Å². The lowest BCUT2D eigenvalue weighted by Gasteiger charge is -2.32. The standard InChI is InChI=1S/C23H34O/c1-2-3-18-4-6-19(7-5-18)8-9-20-10-12-21(13-11-20)22-14-16-23(24)17-15-22/h2,14-21,24H,1,3-13H2. The van der Waals surface area contributed by atoms with E-state index >= 15 is 0 Å². The molecule has 0 saturated heterocycles. The van der Waals surface area contributed by atoms with Crippen LogP contribution in [0.5, 0.6) is 5.75 Å². The van der Waals surface area contributed by atoms with E-state index in [1.54, 1.807) is 0 Å². The highest BCUT2D eigenvalue weighted by Crippen LogP contribution is 2.40. The molecule has 1 N–H and O–H groups in total. The fourth-order valence-corrected chi connectivity index (χ4v) is 4.99. The largest absolute Gasteiger partial charge is 0.508 e. The molecule has 0 amide bonds. The first-order valence-electron chi connectivity index (χ1n) is 10.1. The highest BCUT2D eigenvalue weighted by Gasteiger charge is 2.25. The van der Waals surface area contributed by atoms with E-state index in [9.17, 15) is 5.11 Å². The molecular weight excluding hydrogens is 292 g/mol. The van der Waals surface area contributed by atoms with Gasteiger partial charge in [-0.3, -0.25) is 0 Å². The van der Waals surface area contributed by atoms with Gasteiger partial charge < -0.3 is 5.11 Å². The van der Waals surface area contributed by atoms with Crippen LogP contribution in [0.3, 0.4) is 0 Å². The fourth-order valence-electron chi connectivity index (χ4n) is 4.99. The van der Waals surface area contributed by atoms with Gasteiger partial charge in [-0.15, -0.1) is 6.58 Å². The number of hydrogen-bond donors (Lipinski definition) is 1. The van der Waals surface area contributed by atoms with Crippen molar-refractivity contribution in [2.24, 2.45) is 17.8 Å². The Morgan fingerprint density at radius 1 is 0.792 bits per heavy atom. The minimum Gasteiger partial charge on any atom is -0.508 e. The molecule has 3 rings (SSSR count). The predicted molar refractivity (Wildman–Crippen MR) is 102 cm³/mol. The third kappa shape index (κ3) is 4.88. The van der Waals surface area contributed by atoms with Crippen molar-refractivity contribution in [3.05, 3.63) is 42.5 Å². The molecule has 0 unspecified atom stereocenters.